The smallest absolute Gasteiger partial charge is 0.405 e. The number of benzene rings is 3. The highest BCUT2D eigenvalue weighted by atomic mass is 19.4. The Hall–Kier alpha value is -3.91. The fourth-order valence-corrected chi connectivity index (χ4v) is 4.97. The van der Waals surface area contributed by atoms with E-state index < -0.39 is 6.36 Å². The maximum atomic E-state index is 13.2. The molecule has 0 bridgehead atoms. The van der Waals surface area contributed by atoms with Gasteiger partial charge in [0, 0.05) is 17.8 Å². The molecule has 6 rings (SSSR count). The molecule has 0 amide bonds. The zero-order valence-electron chi connectivity index (χ0n) is 19.3. The average Bonchev–Trinajstić information content (AvgIpc) is 3.27. The lowest BCUT2D eigenvalue weighted by Gasteiger charge is -2.26. The van der Waals surface area contributed by atoms with Gasteiger partial charge in [-0.05, 0) is 66.5 Å². The Balaban J connectivity index is 1.51. The Morgan fingerprint density at radius 1 is 0.861 bits per heavy atom. The van der Waals surface area contributed by atoms with Crippen LogP contribution in [0.2, 0.25) is 0 Å². The molecule has 0 radical (unpaired) electrons. The van der Waals surface area contributed by atoms with Gasteiger partial charge in [0.25, 0.3) is 0 Å². The van der Waals surface area contributed by atoms with Crippen LogP contribution in [-0.4, -0.2) is 34.0 Å². The van der Waals surface area contributed by atoms with Crippen molar-refractivity contribution in [1.82, 2.24) is 19.9 Å². The van der Waals surface area contributed by atoms with Crippen LogP contribution in [-0.2, 0) is 0 Å². The number of piperidine rings is 1. The number of alkyl halides is 3. The zero-order valence-corrected chi connectivity index (χ0v) is 19.3. The highest BCUT2D eigenvalue weighted by Crippen LogP contribution is 2.38. The lowest BCUT2D eigenvalue weighted by molar-refractivity contribution is -0.274. The van der Waals surface area contributed by atoms with E-state index in [-0.39, 0.29) is 11.8 Å². The predicted molar refractivity (Wildman–Crippen MR) is 134 cm³/mol. The number of para-hydroxylation sites is 1. The van der Waals surface area contributed by atoms with E-state index in [1.54, 1.807) is 12.1 Å². The van der Waals surface area contributed by atoms with E-state index in [1.165, 1.54) is 12.1 Å². The number of nitrogens with one attached hydrogen (secondary N) is 1. The molecule has 8 heteroatoms. The molecule has 1 aliphatic rings. The molecule has 3 aromatic carbocycles. The minimum atomic E-state index is -4.80. The van der Waals surface area contributed by atoms with E-state index in [1.807, 2.05) is 35.0 Å². The van der Waals surface area contributed by atoms with Crippen LogP contribution in [0, 0.1) is 0 Å². The van der Waals surface area contributed by atoms with Crippen LogP contribution in [0.3, 0.4) is 0 Å². The van der Waals surface area contributed by atoms with Crippen LogP contribution in [0.5, 0.6) is 5.75 Å². The largest absolute Gasteiger partial charge is 0.573 e. The van der Waals surface area contributed by atoms with Crippen LogP contribution in [0.1, 0.15) is 18.9 Å². The molecular weight excluding hydrogens is 465 g/mol. The summed E-state index contributed by atoms with van der Waals surface area (Å²) in [5, 5.41) is 5.61. The lowest BCUT2D eigenvalue weighted by atomic mass is 10.0. The molecule has 0 unspecified atom stereocenters. The van der Waals surface area contributed by atoms with Crippen LogP contribution < -0.4 is 10.1 Å². The Labute approximate surface area is 205 Å². The van der Waals surface area contributed by atoms with E-state index in [2.05, 4.69) is 34.3 Å². The summed E-state index contributed by atoms with van der Waals surface area (Å²) in [6, 6.07) is 22.5. The van der Waals surface area contributed by atoms with Crippen molar-refractivity contribution in [3.63, 3.8) is 0 Å². The molecule has 1 N–H and O–H groups in total. The summed E-state index contributed by atoms with van der Waals surface area (Å²) in [5.74, 6) is 0.158. The number of imidazole rings is 1. The highest BCUT2D eigenvalue weighted by molar-refractivity contribution is 5.89. The number of ether oxygens (including phenoxy) is 1. The standard InChI is InChI=1S/C28H23F3N4O/c29-28(30,31)36-25-8-4-3-7-23(25)26-34-24-16-21(20-10-9-18-5-1-2-6-19(18)15-20)17-33-27(24)35(26)22-11-13-32-14-12-22/h1-10,15-17,22,32H,11-14H2. The summed E-state index contributed by atoms with van der Waals surface area (Å²) in [4.78, 5) is 9.61. The molecule has 5 nitrogen and oxygen atoms in total. The minimum Gasteiger partial charge on any atom is -0.405 e. The van der Waals surface area contributed by atoms with E-state index in [0.717, 1.165) is 47.8 Å². The van der Waals surface area contributed by atoms with Crippen molar-refractivity contribution in [3.05, 3.63) is 79.0 Å². The van der Waals surface area contributed by atoms with Gasteiger partial charge in [0.1, 0.15) is 17.1 Å². The summed E-state index contributed by atoms with van der Waals surface area (Å²) < 4.78 is 45.9. The van der Waals surface area contributed by atoms with Gasteiger partial charge in [-0.2, -0.15) is 0 Å². The Kier molecular flexibility index (Phi) is 5.60. The summed E-state index contributed by atoms with van der Waals surface area (Å²) in [5.41, 5.74) is 3.48. The Morgan fingerprint density at radius 3 is 2.42 bits per heavy atom. The molecule has 0 aliphatic carbocycles. The van der Waals surface area contributed by atoms with Gasteiger partial charge in [0.15, 0.2) is 5.65 Å². The SMILES string of the molecule is FC(F)(F)Oc1ccccc1-c1nc2cc(-c3ccc4ccccc4c3)cnc2n1C1CCNCC1. The number of rotatable bonds is 4. The molecule has 1 fully saturated rings. The summed E-state index contributed by atoms with van der Waals surface area (Å²) in [7, 11) is 0. The van der Waals surface area contributed by atoms with Crippen molar-refractivity contribution in [2.45, 2.75) is 25.2 Å². The van der Waals surface area contributed by atoms with Gasteiger partial charge in [-0.15, -0.1) is 13.2 Å². The number of hydrogen-bond donors (Lipinski definition) is 1. The van der Waals surface area contributed by atoms with Crippen molar-refractivity contribution in [3.8, 4) is 28.3 Å². The first-order chi connectivity index (χ1) is 17.5. The maximum Gasteiger partial charge on any atom is 0.573 e. The van der Waals surface area contributed by atoms with E-state index in [4.69, 9.17) is 9.97 Å². The predicted octanol–water partition coefficient (Wildman–Crippen LogP) is 6.74. The third-order valence-corrected chi connectivity index (χ3v) is 6.64. The van der Waals surface area contributed by atoms with Crippen LogP contribution >= 0.6 is 0 Å². The maximum absolute atomic E-state index is 13.2. The van der Waals surface area contributed by atoms with Crippen molar-refractivity contribution >= 4 is 21.9 Å². The molecule has 0 spiro atoms. The number of nitrogens with zero attached hydrogens (tertiary/aromatic N) is 3. The van der Waals surface area contributed by atoms with E-state index in [0.29, 0.717) is 22.6 Å². The number of hydrogen-bond acceptors (Lipinski definition) is 4. The van der Waals surface area contributed by atoms with Crippen molar-refractivity contribution in [2.75, 3.05) is 13.1 Å². The van der Waals surface area contributed by atoms with Crippen LogP contribution in [0.25, 0.3) is 44.5 Å². The van der Waals surface area contributed by atoms with Gasteiger partial charge in [-0.1, -0.05) is 48.5 Å². The monoisotopic (exact) mass is 488 g/mol. The molecular formula is C28H23F3N4O. The zero-order chi connectivity index (χ0) is 24.7. The number of pyridine rings is 1. The second-order valence-electron chi connectivity index (χ2n) is 8.96. The Morgan fingerprint density at radius 2 is 1.61 bits per heavy atom. The fraction of sp³-hybridized carbons (Fsp3) is 0.214. The molecule has 182 valence electrons. The highest BCUT2D eigenvalue weighted by Gasteiger charge is 2.33. The number of fused-ring (bicyclic) bond motifs is 2. The summed E-state index contributed by atoms with van der Waals surface area (Å²) >= 11 is 0. The molecule has 2 aromatic heterocycles. The first-order valence-electron chi connectivity index (χ1n) is 11.9. The lowest BCUT2D eigenvalue weighted by Crippen LogP contribution is -2.29. The van der Waals surface area contributed by atoms with Crippen LogP contribution in [0.15, 0.2) is 79.0 Å². The quantitative estimate of drug-likeness (QED) is 0.304. The van der Waals surface area contributed by atoms with Gasteiger partial charge in [-0.3, -0.25) is 0 Å². The average molecular weight is 489 g/mol. The molecule has 3 heterocycles. The van der Waals surface area contributed by atoms with Crippen molar-refractivity contribution in [1.29, 1.82) is 0 Å². The van der Waals surface area contributed by atoms with Gasteiger partial charge in [0.05, 0.1) is 5.56 Å². The van der Waals surface area contributed by atoms with Crippen molar-refractivity contribution in [2.24, 2.45) is 0 Å². The molecule has 0 saturated carbocycles. The van der Waals surface area contributed by atoms with E-state index in [9.17, 15) is 13.2 Å². The third-order valence-electron chi connectivity index (χ3n) is 6.64. The number of aromatic nitrogens is 3. The summed E-state index contributed by atoms with van der Waals surface area (Å²) in [6.45, 7) is 1.64. The number of halogens is 3. The van der Waals surface area contributed by atoms with Crippen LogP contribution in [0.4, 0.5) is 13.2 Å². The molecule has 1 saturated heterocycles. The molecule has 5 aromatic rings. The Bertz CT molecular complexity index is 1550. The summed E-state index contributed by atoms with van der Waals surface area (Å²) in [6.07, 6.45) is -1.33. The van der Waals surface area contributed by atoms with E-state index >= 15 is 0 Å². The fourth-order valence-electron chi connectivity index (χ4n) is 4.97. The second-order valence-corrected chi connectivity index (χ2v) is 8.96. The molecule has 36 heavy (non-hydrogen) atoms. The second kappa shape index (κ2) is 8.95. The van der Waals surface area contributed by atoms with Crippen molar-refractivity contribution < 1.29 is 17.9 Å². The minimum absolute atomic E-state index is 0.0595. The third kappa shape index (κ3) is 4.28. The first kappa shape index (κ1) is 22.5. The molecule has 1 aliphatic heterocycles. The van der Waals surface area contributed by atoms with Gasteiger partial charge in [0.2, 0.25) is 0 Å². The normalized spacial score (nSPS) is 15.0. The molecule has 0 atom stereocenters. The van der Waals surface area contributed by atoms with Gasteiger partial charge < -0.3 is 14.6 Å². The van der Waals surface area contributed by atoms with Gasteiger partial charge in [-0.25, -0.2) is 9.97 Å². The topological polar surface area (TPSA) is 52.0 Å². The first-order valence-corrected chi connectivity index (χ1v) is 11.9. The van der Waals surface area contributed by atoms with Gasteiger partial charge >= 0.3 is 6.36 Å².